The van der Waals surface area contributed by atoms with Crippen LogP contribution in [0.25, 0.3) is 0 Å². The van der Waals surface area contributed by atoms with Gasteiger partial charge in [-0.05, 0) is 44.7 Å². The van der Waals surface area contributed by atoms with Crippen LogP contribution in [0.4, 0.5) is 0 Å². The van der Waals surface area contributed by atoms with Crippen LogP contribution in [-0.4, -0.2) is 30.6 Å². The Bertz CT molecular complexity index is 519. The fourth-order valence-corrected chi connectivity index (χ4v) is 4.20. The topological polar surface area (TPSA) is 53.2 Å². The van der Waals surface area contributed by atoms with Gasteiger partial charge in [-0.1, -0.05) is 43.2 Å². The maximum absolute atomic E-state index is 12.3. The number of rotatable bonds is 7. The number of benzene rings is 1. The normalized spacial score (nSPS) is 24.0. The molecule has 0 radical (unpaired) electrons. The van der Waals surface area contributed by atoms with Gasteiger partial charge in [0.2, 0.25) is 5.91 Å². The van der Waals surface area contributed by atoms with E-state index in [2.05, 4.69) is 53.2 Å². The van der Waals surface area contributed by atoms with E-state index in [1.807, 2.05) is 0 Å². The summed E-state index contributed by atoms with van der Waals surface area (Å²) in [6, 6.07) is 11.3. The predicted octanol–water partition coefficient (Wildman–Crippen LogP) is 2.91. The molecule has 4 heteroatoms. The molecule has 0 aromatic heterocycles. The summed E-state index contributed by atoms with van der Waals surface area (Å²) in [6.07, 6.45) is 7.71. The number of amides is 1. The molecule has 1 aromatic rings. The summed E-state index contributed by atoms with van der Waals surface area (Å²) in [5.74, 6) is 0.190. The van der Waals surface area contributed by atoms with Gasteiger partial charge in [0.05, 0.1) is 0 Å². The van der Waals surface area contributed by atoms with Crippen molar-refractivity contribution >= 4 is 5.91 Å². The summed E-state index contributed by atoms with van der Waals surface area (Å²) in [7, 11) is 0. The fourth-order valence-electron chi connectivity index (χ4n) is 4.20. The third-order valence-electron chi connectivity index (χ3n) is 5.60. The van der Waals surface area contributed by atoms with Gasteiger partial charge in [-0.2, -0.15) is 0 Å². The first kappa shape index (κ1) is 17.4. The third kappa shape index (κ3) is 4.58. The van der Waals surface area contributed by atoms with Gasteiger partial charge >= 0.3 is 0 Å². The Kier molecular flexibility index (Phi) is 5.90. The molecule has 1 saturated carbocycles. The van der Waals surface area contributed by atoms with Gasteiger partial charge in [0.1, 0.15) is 0 Å². The quantitative estimate of drug-likeness (QED) is 0.721. The first-order valence-corrected chi connectivity index (χ1v) is 9.50. The molecular formula is C20H31N3O. The van der Waals surface area contributed by atoms with Crippen molar-refractivity contribution in [1.82, 2.24) is 16.0 Å². The van der Waals surface area contributed by atoms with Crippen LogP contribution in [0.2, 0.25) is 0 Å². The van der Waals surface area contributed by atoms with E-state index in [0.717, 1.165) is 32.4 Å². The highest BCUT2D eigenvalue weighted by Crippen LogP contribution is 2.31. The Morgan fingerprint density at radius 2 is 2.00 bits per heavy atom. The van der Waals surface area contributed by atoms with Crippen LogP contribution < -0.4 is 16.0 Å². The van der Waals surface area contributed by atoms with Gasteiger partial charge in [-0.3, -0.25) is 4.79 Å². The summed E-state index contributed by atoms with van der Waals surface area (Å²) in [5, 5.41) is 10.4. The summed E-state index contributed by atoms with van der Waals surface area (Å²) >= 11 is 0. The van der Waals surface area contributed by atoms with E-state index in [1.54, 1.807) is 0 Å². The van der Waals surface area contributed by atoms with Crippen molar-refractivity contribution in [2.75, 3.05) is 13.1 Å². The molecule has 3 N–H and O–H groups in total. The third-order valence-corrected chi connectivity index (χ3v) is 5.60. The molecular weight excluding hydrogens is 298 g/mol. The number of nitrogens with one attached hydrogen (secondary N) is 3. The molecule has 1 heterocycles. The molecule has 1 aliphatic carbocycles. The zero-order valence-electron chi connectivity index (χ0n) is 14.8. The Balaban J connectivity index is 1.54. The Morgan fingerprint density at radius 3 is 2.67 bits per heavy atom. The Labute approximate surface area is 145 Å². The maximum atomic E-state index is 12.3. The Morgan fingerprint density at radius 1 is 1.25 bits per heavy atom. The van der Waals surface area contributed by atoms with Crippen molar-refractivity contribution in [2.24, 2.45) is 0 Å². The zero-order valence-corrected chi connectivity index (χ0v) is 14.8. The highest BCUT2D eigenvalue weighted by Gasteiger charge is 2.35. The van der Waals surface area contributed by atoms with Gasteiger partial charge < -0.3 is 16.0 Å². The lowest BCUT2D eigenvalue weighted by Crippen LogP contribution is -2.52. The molecule has 4 nitrogen and oxygen atoms in total. The van der Waals surface area contributed by atoms with E-state index in [-0.39, 0.29) is 11.4 Å². The summed E-state index contributed by atoms with van der Waals surface area (Å²) in [4.78, 5) is 12.3. The molecule has 2 aliphatic rings. The molecule has 3 rings (SSSR count). The molecule has 2 unspecified atom stereocenters. The first-order chi connectivity index (χ1) is 11.7. The molecule has 1 saturated heterocycles. The van der Waals surface area contributed by atoms with E-state index >= 15 is 0 Å². The average Bonchev–Trinajstić information content (AvgIpc) is 3.26. The van der Waals surface area contributed by atoms with Crippen LogP contribution in [0.1, 0.15) is 63.5 Å². The van der Waals surface area contributed by atoms with Crippen molar-refractivity contribution in [1.29, 1.82) is 0 Å². The van der Waals surface area contributed by atoms with Gasteiger partial charge in [0, 0.05) is 30.6 Å². The van der Waals surface area contributed by atoms with Crippen LogP contribution in [0.5, 0.6) is 0 Å². The number of carbonyl (C=O) groups excluding carboxylic acids is 1. The second kappa shape index (κ2) is 8.13. The van der Waals surface area contributed by atoms with E-state index in [4.69, 9.17) is 0 Å². The van der Waals surface area contributed by atoms with Crippen molar-refractivity contribution in [3.63, 3.8) is 0 Å². The van der Waals surface area contributed by atoms with Crippen LogP contribution in [0.3, 0.4) is 0 Å². The van der Waals surface area contributed by atoms with E-state index in [1.165, 1.54) is 24.8 Å². The molecule has 0 spiro atoms. The molecule has 1 aromatic carbocycles. The fraction of sp³-hybridized carbons (Fsp3) is 0.650. The van der Waals surface area contributed by atoms with Crippen molar-refractivity contribution in [3.05, 3.63) is 35.9 Å². The van der Waals surface area contributed by atoms with Crippen LogP contribution in [0.15, 0.2) is 30.3 Å². The monoisotopic (exact) mass is 329 g/mol. The number of hydrogen-bond acceptors (Lipinski definition) is 3. The molecule has 0 bridgehead atoms. The first-order valence-electron chi connectivity index (χ1n) is 9.50. The summed E-state index contributed by atoms with van der Waals surface area (Å²) in [5.41, 5.74) is 1.36. The maximum Gasteiger partial charge on any atom is 0.221 e. The predicted molar refractivity (Wildman–Crippen MR) is 97.8 cm³/mol. The molecule has 1 amide bonds. The van der Waals surface area contributed by atoms with Crippen molar-refractivity contribution < 1.29 is 4.79 Å². The summed E-state index contributed by atoms with van der Waals surface area (Å²) < 4.78 is 0. The van der Waals surface area contributed by atoms with Crippen LogP contribution in [-0.2, 0) is 4.79 Å². The Hall–Kier alpha value is -1.39. The van der Waals surface area contributed by atoms with Crippen molar-refractivity contribution in [2.45, 2.75) is 69.5 Å². The van der Waals surface area contributed by atoms with Crippen molar-refractivity contribution in [3.8, 4) is 0 Å². The minimum atomic E-state index is 0.0496. The number of hydrogen-bond donors (Lipinski definition) is 3. The van der Waals surface area contributed by atoms with E-state index in [9.17, 15) is 4.79 Å². The minimum Gasteiger partial charge on any atom is -0.354 e. The smallest absolute Gasteiger partial charge is 0.221 e. The zero-order chi connectivity index (χ0) is 16.8. The lowest BCUT2D eigenvalue weighted by molar-refractivity contribution is -0.121. The van der Waals surface area contributed by atoms with E-state index < -0.39 is 0 Å². The van der Waals surface area contributed by atoms with Crippen LogP contribution in [0, 0.1) is 0 Å². The second-order valence-electron chi connectivity index (χ2n) is 7.54. The molecule has 24 heavy (non-hydrogen) atoms. The van der Waals surface area contributed by atoms with Gasteiger partial charge in [-0.25, -0.2) is 0 Å². The SMILES string of the molecule is CC(NC1(CNC(=O)CC2CCCN2)CCCC1)c1ccccc1. The average molecular weight is 329 g/mol. The molecule has 1 aliphatic heterocycles. The minimum absolute atomic E-state index is 0.0496. The lowest BCUT2D eigenvalue weighted by atomic mass is 9.94. The lowest BCUT2D eigenvalue weighted by Gasteiger charge is -2.34. The summed E-state index contributed by atoms with van der Waals surface area (Å²) in [6.45, 7) is 4.02. The van der Waals surface area contributed by atoms with E-state index in [0.29, 0.717) is 18.5 Å². The largest absolute Gasteiger partial charge is 0.354 e. The number of carbonyl (C=O) groups is 1. The molecule has 2 atom stereocenters. The highest BCUT2D eigenvalue weighted by molar-refractivity contribution is 5.76. The second-order valence-corrected chi connectivity index (χ2v) is 7.54. The van der Waals surface area contributed by atoms with Gasteiger partial charge in [0.25, 0.3) is 0 Å². The van der Waals surface area contributed by atoms with Gasteiger partial charge in [0.15, 0.2) is 0 Å². The molecule has 2 fully saturated rings. The van der Waals surface area contributed by atoms with Gasteiger partial charge in [-0.15, -0.1) is 0 Å². The molecule has 132 valence electrons. The van der Waals surface area contributed by atoms with Crippen LogP contribution >= 0.6 is 0 Å². The highest BCUT2D eigenvalue weighted by atomic mass is 16.1. The standard InChI is InChI=1S/C20H31N3O/c1-16(17-8-3-2-4-9-17)23-20(11-5-6-12-20)15-22-19(24)14-18-10-7-13-21-18/h2-4,8-9,16,18,21,23H,5-7,10-15H2,1H3,(H,22,24).